The van der Waals surface area contributed by atoms with Gasteiger partial charge in [-0.2, -0.15) is 0 Å². The van der Waals surface area contributed by atoms with Crippen LogP contribution in [0, 0.1) is 0 Å². The third-order valence-corrected chi connectivity index (χ3v) is 4.79. The molecule has 24 heavy (non-hydrogen) atoms. The molecule has 0 bridgehead atoms. The van der Waals surface area contributed by atoms with Crippen molar-refractivity contribution >= 4 is 10.0 Å². The molecule has 0 saturated heterocycles. The summed E-state index contributed by atoms with van der Waals surface area (Å²) in [5.74, 6) is 1.49. The van der Waals surface area contributed by atoms with Crippen molar-refractivity contribution < 1.29 is 22.6 Å². The number of rotatable bonds is 8. The normalized spacial score (nSPS) is 11.1. The van der Waals surface area contributed by atoms with Crippen molar-refractivity contribution in [3.05, 3.63) is 48.0 Å². The van der Waals surface area contributed by atoms with Gasteiger partial charge in [0.25, 0.3) is 0 Å². The van der Waals surface area contributed by atoms with Crippen LogP contribution < -0.4 is 18.9 Å². The van der Waals surface area contributed by atoms with Crippen molar-refractivity contribution in [1.82, 2.24) is 4.72 Å². The molecule has 0 fully saturated rings. The zero-order chi connectivity index (χ0) is 17.6. The molecule has 0 aliphatic heterocycles. The van der Waals surface area contributed by atoms with Gasteiger partial charge in [0.15, 0.2) is 11.5 Å². The van der Waals surface area contributed by atoms with Crippen molar-refractivity contribution in [3.8, 4) is 17.2 Å². The standard InChI is InChI=1S/C17H21NO5S/c1-4-23-15-8-6-5-7-13(15)12-18-24(19,20)14-9-10-16(21-2)17(11-14)22-3/h5-11,18H,4,12H2,1-3H3. The topological polar surface area (TPSA) is 73.9 Å². The molecular formula is C17H21NO5S. The Hall–Kier alpha value is -2.25. The average molecular weight is 351 g/mol. The summed E-state index contributed by atoms with van der Waals surface area (Å²) in [4.78, 5) is 0.106. The highest BCUT2D eigenvalue weighted by Gasteiger charge is 2.17. The summed E-state index contributed by atoms with van der Waals surface area (Å²) in [6.45, 7) is 2.52. The van der Waals surface area contributed by atoms with Crippen LogP contribution in [0.2, 0.25) is 0 Å². The lowest BCUT2D eigenvalue weighted by Gasteiger charge is -2.13. The summed E-state index contributed by atoms with van der Waals surface area (Å²) in [5.41, 5.74) is 0.767. The number of nitrogens with one attached hydrogen (secondary N) is 1. The molecule has 0 amide bonds. The Morgan fingerprint density at radius 3 is 2.33 bits per heavy atom. The number of benzene rings is 2. The first-order chi connectivity index (χ1) is 11.5. The first-order valence-electron chi connectivity index (χ1n) is 7.44. The van der Waals surface area contributed by atoms with E-state index in [1.165, 1.54) is 26.4 Å². The molecule has 2 aromatic carbocycles. The molecular weight excluding hydrogens is 330 g/mol. The zero-order valence-electron chi connectivity index (χ0n) is 13.9. The molecule has 0 heterocycles. The summed E-state index contributed by atoms with van der Waals surface area (Å²) >= 11 is 0. The van der Waals surface area contributed by atoms with Crippen molar-refractivity contribution in [3.63, 3.8) is 0 Å². The highest BCUT2D eigenvalue weighted by molar-refractivity contribution is 7.89. The molecule has 2 aromatic rings. The Balaban J connectivity index is 2.20. The number of hydrogen-bond donors (Lipinski definition) is 1. The van der Waals surface area contributed by atoms with Gasteiger partial charge in [0.05, 0.1) is 25.7 Å². The fourth-order valence-electron chi connectivity index (χ4n) is 2.19. The minimum absolute atomic E-state index is 0.106. The lowest BCUT2D eigenvalue weighted by Crippen LogP contribution is -2.23. The molecule has 0 aromatic heterocycles. The van der Waals surface area contributed by atoms with Gasteiger partial charge in [-0.1, -0.05) is 18.2 Å². The number of methoxy groups -OCH3 is 2. The van der Waals surface area contributed by atoms with Crippen LogP contribution in [0.1, 0.15) is 12.5 Å². The summed E-state index contributed by atoms with van der Waals surface area (Å²) < 4.78 is 43.3. The van der Waals surface area contributed by atoms with E-state index in [1.54, 1.807) is 6.07 Å². The Bertz CT molecular complexity index is 789. The van der Waals surface area contributed by atoms with Gasteiger partial charge in [0.1, 0.15) is 5.75 Å². The van der Waals surface area contributed by atoms with E-state index < -0.39 is 10.0 Å². The van der Waals surface area contributed by atoms with E-state index in [2.05, 4.69) is 4.72 Å². The molecule has 0 atom stereocenters. The quantitative estimate of drug-likeness (QED) is 0.791. The van der Waals surface area contributed by atoms with Gasteiger partial charge in [0, 0.05) is 18.2 Å². The minimum atomic E-state index is -3.69. The monoisotopic (exact) mass is 351 g/mol. The Morgan fingerprint density at radius 1 is 0.958 bits per heavy atom. The van der Waals surface area contributed by atoms with E-state index in [1.807, 2.05) is 31.2 Å². The molecule has 0 unspecified atom stereocenters. The molecule has 6 nitrogen and oxygen atoms in total. The summed E-state index contributed by atoms with van der Waals surface area (Å²) in [5, 5.41) is 0. The minimum Gasteiger partial charge on any atom is -0.494 e. The maximum Gasteiger partial charge on any atom is 0.241 e. The van der Waals surface area contributed by atoms with E-state index in [0.717, 1.165) is 5.56 Å². The van der Waals surface area contributed by atoms with Gasteiger partial charge in [-0.25, -0.2) is 13.1 Å². The molecule has 7 heteroatoms. The van der Waals surface area contributed by atoms with Crippen LogP contribution in [0.4, 0.5) is 0 Å². The van der Waals surface area contributed by atoms with Crippen LogP contribution >= 0.6 is 0 Å². The zero-order valence-corrected chi connectivity index (χ0v) is 14.7. The van der Waals surface area contributed by atoms with Gasteiger partial charge in [-0.05, 0) is 25.1 Å². The molecule has 0 aliphatic rings. The lowest BCUT2D eigenvalue weighted by molar-refractivity contribution is 0.336. The third-order valence-electron chi connectivity index (χ3n) is 3.39. The van der Waals surface area contributed by atoms with Crippen molar-refractivity contribution in [2.45, 2.75) is 18.4 Å². The van der Waals surface area contributed by atoms with Crippen molar-refractivity contribution in [2.24, 2.45) is 0 Å². The van der Waals surface area contributed by atoms with E-state index in [4.69, 9.17) is 14.2 Å². The maximum absolute atomic E-state index is 12.5. The number of ether oxygens (including phenoxy) is 3. The maximum atomic E-state index is 12.5. The van der Waals surface area contributed by atoms with Crippen LogP contribution in [0.5, 0.6) is 17.2 Å². The van der Waals surface area contributed by atoms with Gasteiger partial charge < -0.3 is 14.2 Å². The number of sulfonamides is 1. The number of hydrogen-bond acceptors (Lipinski definition) is 5. The number of para-hydroxylation sites is 1. The largest absolute Gasteiger partial charge is 0.494 e. The second-order valence-corrected chi connectivity index (χ2v) is 6.65. The average Bonchev–Trinajstić information content (AvgIpc) is 2.60. The van der Waals surface area contributed by atoms with Gasteiger partial charge in [-0.15, -0.1) is 0 Å². The predicted molar refractivity (Wildman–Crippen MR) is 91.2 cm³/mol. The first kappa shape index (κ1) is 18.1. The summed E-state index contributed by atoms with van der Waals surface area (Å²) in [6.07, 6.45) is 0. The van der Waals surface area contributed by atoms with E-state index in [9.17, 15) is 8.42 Å². The van der Waals surface area contributed by atoms with E-state index >= 15 is 0 Å². The van der Waals surface area contributed by atoms with Crippen LogP contribution in [0.3, 0.4) is 0 Å². The SMILES string of the molecule is CCOc1ccccc1CNS(=O)(=O)c1ccc(OC)c(OC)c1. The predicted octanol–water partition coefficient (Wildman–Crippen LogP) is 2.58. The Morgan fingerprint density at radius 2 is 1.67 bits per heavy atom. The molecule has 0 spiro atoms. The van der Waals surface area contributed by atoms with E-state index in [-0.39, 0.29) is 11.4 Å². The van der Waals surface area contributed by atoms with Crippen molar-refractivity contribution in [2.75, 3.05) is 20.8 Å². The van der Waals surface area contributed by atoms with Crippen LogP contribution in [0.25, 0.3) is 0 Å². The van der Waals surface area contributed by atoms with Crippen LogP contribution in [-0.4, -0.2) is 29.2 Å². The fraction of sp³-hybridized carbons (Fsp3) is 0.294. The first-order valence-corrected chi connectivity index (χ1v) is 8.92. The summed E-state index contributed by atoms with van der Waals surface area (Å²) in [7, 11) is -0.736. The Kier molecular flexibility index (Phi) is 6.05. The van der Waals surface area contributed by atoms with Gasteiger partial charge >= 0.3 is 0 Å². The molecule has 0 radical (unpaired) electrons. The van der Waals surface area contributed by atoms with Gasteiger partial charge in [-0.3, -0.25) is 0 Å². The van der Waals surface area contributed by atoms with E-state index in [0.29, 0.717) is 23.9 Å². The molecule has 0 saturated carbocycles. The second-order valence-electron chi connectivity index (χ2n) is 4.88. The lowest BCUT2D eigenvalue weighted by atomic mass is 10.2. The Labute approximate surface area is 142 Å². The highest BCUT2D eigenvalue weighted by Crippen LogP contribution is 2.29. The van der Waals surface area contributed by atoms with Gasteiger partial charge in [0.2, 0.25) is 10.0 Å². The molecule has 130 valence electrons. The van der Waals surface area contributed by atoms with Crippen LogP contribution in [0.15, 0.2) is 47.4 Å². The third kappa shape index (κ3) is 4.18. The fourth-order valence-corrected chi connectivity index (χ4v) is 3.21. The summed E-state index contributed by atoms with van der Waals surface area (Å²) in [6, 6.07) is 11.8. The molecule has 0 aliphatic carbocycles. The molecule has 2 rings (SSSR count). The molecule has 1 N–H and O–H groups in total. The highest BCUT2D eigenvalue weighted by atomic mass is 32.2. The van der Waals surface area contributed by atoms with Crippen LogP contribution in [-0.2, 0) is 16.6 Å². The van der Waals surface area contributed by atoms with Crippen molar-refractivity contribution in [1.29, 1.82) is 0 Å². The smallest absolute Gasteiger partial charge is 0.241 e. The second kappa shape index (κ2) is 8.03.